The minimum absolute atomic E-state index is 0.150. The van der Waals surface area contributed by atoms with E-state index in [-0.39, 0.29) is 30.1 Å². The van der Waals surface area contributed by atoms with Crippen LogP contribution in [0.2, 0.25) is 0 Å². The van der Waals surface area contributed by atoms with Crippen molar-refractivity contribution in [3.8, 4) is 0 Å². The highest BCUT2D eigenvalue weighted by Crippen LogP contribution is 2.36. The SMILES string of the molecule is CC(=O)OC/C=C1/C=CC(OC(C)=O)C(C)(C)C1. The molecule has 4 nitrogen and oxygen atoms in total. The van der Waals surface area contributed by atoms with E-state index in [2.05, 4.69) is 0 Å². The van der Waals surface area contributed by atoms with Gasteiger partial charge in [0.15, 0.2) is 0 Å². The van der Waals surface area contributed by atoms with Gasteiger partial charge in [-0.2, -0.15) is 0 Å². The summed E-state index contributed by atoms with van der Waals surface area (Å²) in [6.45, 7) is 7.17. The Labute approximate surface area is 108 Å². The van der Waals surface area contributed by atoms with Gasteiger partial charge in [-0.15, -0.1) is 0 Å². The first kappa shape index (κ1) is 14.5. The van der Waals surface area contributed by atoms with Crippen molar-refractivity contribution in [3.05, 3.63) is 23.8 Å². The van der Waals surface area contributed by atoms with Gasteiger partial charge in [0.2, 0.25) is 0 Å². The molecule has 0 saturated heterocycles. The molecule has 0 aliphatic heterocycles. The van der Waals surface area contributed by atoms with Crippen LogP contribution in [0, 0.1) is 5.41 Å². The summed E-state index contributed by atoms with van der Waals surface area (Å²) in [5, 5.41) is 0. The third kappa shape index (κ3) is 4.35. The van der Waals surface area contributed by atoms with E-state index in [9.17, 15) is 9.59 Å². The van der Waals surface area contributed by atoms with E-state index in [0.717, 1.165) is 12.0 Å². The number of hydrogen-bond acceptors (Lipinski definition) is 4. The third-order valence-corrected chi connectivity index (χ3v) is 2.84. The Hall–Kier alpha value is -1.58. The normalized spacial score (nSPS) is 23.8. The number of carbonyl (C=O) groups excluding carboxylic acids is 2. The van der Waals surface area contributed by atoms with Crippen molar-refractivity contribution >= 4 is 11.9 Å². The van der Waals surface area contributed by atoms with Crippen LogP contribution in [-0.2, 0) is 19.1 Å². The summed E-state index contributed by atoms with van der Waals surface area (Å²) >= 11 is 0. The van der Waals surface area contributed by atoms with Crippen molar-refractivity contribution in [2.24, 2.45) is 5.41 Å². The predicted molar refractivity (Wildman–Crippen MR) is 67.8 cm³/mol. The van der Waals surface area contributed by atoms with Gasteiger partial charge in [0.1, 0.15) is 12.7 Å². The minimum Gasteiger partial charge on any atom is -0.462 e. The third-order valence-electron chi connectivity index (χ3n) is 2.84. The van der Waals surface area contributed by atoms with Crippen molar-refractivity contribution in [3.63, 3.8) is 0 Å². The second-order valence-electron chi connectivity index (χ2n) is 5.14. The van der Waals surface area contributed by atoms with Gasteiger partial charge < -0.3 is 9.47 Å². The summed E-state index contributed by atoms with van der Waals surface area (Å²) in [5.41, 5.74) is 0.937. The lowest BCUT2D eigenvalue weighted by atomic mass is 9.76. The van der Waals surface area contributed by atoms with Crippen molar-refractivity contribution in [1.82, 2.24) is 0 Å². The fraction of sp³-hybridized carbons (Fsp3) is 0.571. The van der Waals surface area contributed by atoms with Crippen molar-refractivity contribution in [2.45, 2.75) is 40.2 Å². The predicted octanol–water partition coefficient (Wildman–Crippen LogP) is 2.39. The Bertz CT molecular complexity index is 391. The molecule has 100 valence electrons. The van der Waals surface area contributed by atoms with Crippen LogP contribution in [0.1, 0.15) is 34.1 Å². The first-order valence-corrected chi connectivity index (χ1v) is 5.99. The van der Waals surface area contributed by atoms with Gasteiger partial charge in [0.05, 0.1) is 0 Å². The Morgan fingerprint density at radius 3 is 2.56 bits per heavy atom. The Morgan fingerprint density at radius 2 is 2.06 bits per heavy atom. The van der Waals surface area contributed by atoms with Crippen LogP contribution in [-0.4, -0.2) is 24.6 Å². The minimum atomic E-state index is -0.288. The van der Waals surface area contributed by atoms with E-state index >= 15 is 0 Å². The molecule has 0 radical (unpaired) electrons. The molecule has 1 unspecified atom stereocenters. The average Bonchev–Trinajstić information content (AvgIpc) is 2.20. The first-order valence-electron chi connectivity index (χ1n) is 5.99. The van der Waals surface area contributed by atoms with Crippen LogP contribution in [0.15, 0.2) is 23.8 Å². The Kier molecular flexibility index (Phi) is 4.70. The van der Waals surface area contributed by atoms with Crippen molar-refractivity contribution < 1.29 is 19.1 Å². The maximum atomic E-state index is 11.0. The van der Waals surface area contributed by atoms with Crippen LogP contribution in [0.3, 0.4) is 0 Å². The van der Waals surface area contributed by atoms with E-state index in [1.807, 2.05) is 32.1 Å². The van der Waals surface area contributed by atoms with E-state index in [1.54, 1.807) is 0 Å². The molecule has 0 amide bonds. The number of ether oxygens (including phenoxy) is 2. The highest BCUT2D eigenvalue weighted by molar-refractivity contribution is 5.66. The molecule has 1 aliphatic rings. The molecule has 0 aromatic heterocycles. The van der Waals surface area contributed by atoms with Gasteiger partial charge in [-0.25, -0.2) is 0 Å². The van der Waals surface area contributed by atoms with Crippen molar-refractivity contribution in [1.29, 1.82) is 0 Å². The molecule has 1 rings (SSSR count). The summed E-state index contributed by atoms with van der Waals surface area (Å²) in [7, 11) is 0. The van der Waals surface area contributed by atoms with E-state index in [0.29, 0.717) is 0 Å². The Balaban J connectivity index is 2.68. The second kappa shape index (κ2) is 5.85. The monoisotopic (exact) mass is 252 g/mol. The van der Waals surface area contributed by atoms with Gasteiger partial charge in [-0.05, 0) is 24.1 Å². The number of carbonyl (C=O) groups is 2. The molecule has 0 aromatic carbocycles. The van der Waals surface area contributed by atoms with Crippen LogP contribution < -0.4 is 0 Å². The standard InChI is InChI=1S/C14H20O4/c1-10(15)17-8-7-12-5-6-13(18-11(2)16)14(3,4)9-12/h5-7,13H,8-9H2,1-4H3/b12-7-. The van der Waals surface area contributed by atoms with Crippen LogP contribution in [0.25, 0.3) is 0 Å². The fourth-order valence-electron chi connectivity index (χ4n) is 1.94. The molecule has 0 aromatic rings. The molecular weight excluding hydrogens is 232 g/mol. The zero-order valence-electron chi connectivity index (χ0n) is 11.4. The molecule has 18 heavy (non-hydrogen) atoms. The van der Waals surface area contributed by atoms with Crippen molar-refractivity contribution in [2.75, 3.05) is 6.61 Å². The molecule has 0 spiro atoms. The first-order chi connectivity index (χ1) is 8.31. The zero-order valence-corrected chi connectivity index (χ0v) is 11.4. The average molecular weight is 252 g/mol. The lowest BCUT2D eigenvalue weighted by molar-refractivity contribution is -0.149. The van der Waals surface area contributed by atoms with Gasteiger partial charge >= 0.3 is 11.9 Å². The molecule has 0 heterocycles. The zero-order chi connectivity index (χ0) is 13.8. The quantitative estimate of drug-likeness (QED) is 0.724. The second-order valence-corrected chi connectivity index (χ2v) is 5.14. The topological polar surface area (TPSA) is 52.6 Å². The maximum Gasteiger partial charge on any atom is 0.303 e. The van der Waals surface area contributed by atoms with E-state index < -0.39 is 0 Å². The smallest absolute Gasteiger partial charge is 0.303 e. The van der Waals surface area contributed by atoms with Crippen LogP contribution in [0.4, 0.5) is 0 Å². The number of hydrogen-bond donors (Lipinski definition) is 0. The molecule has 0 saturated carbocycles. The molecule has 0 fully saturated rings. The highest BCUT2D eigenvalue weighted by atomic mass is 16.5. The lowest BCUT2D eigenvalue weighted by Gasteiger charge is -2.35. The molecule has 4 heteroatoms. The molecular formula is C14H20O4. The van der Waals surface area contributed by atoms with E-state index in [4.69, 9.17) is 9.47 Å². The number of esters is 2. The molecule has 1 aliphatic carbocycles. The lowest BCUT2D eigenvalue weighted by Crippen LogP contribution is -2.34. The molecule has 1 atom stereocenters. The largest absolute Gasteiger partial charge is 0.462 e. The van der Waals surface area contributed by atoms with Crippen LogP contribution >= 0.6 is 0 Å². The van der Waals surface area contributed by atoms with Gasteiger partial charge in [0, 0.05) is 19.3 Å². The van der Waals surface area contributed by atoms with Gasteiger partial charge in [-0.1, -0.05) is 19.9 Å². The fourth-order valence-corrected chi connectivity index (χ4v) is 1.94. The highest BCUT2D eigenvalue weighted by Gasteiger charge is 2.33. The summed E-state index contributed by atoms with van der Waals surface area (Å²) in [4.78, 5) is 21.7. The summed E-state index contributed by atoms with van der Waals surface area (Å²) in [5.74, 6) is -0.561. The maximum absolute atomic E-state index is 11.0. The summed E-state index contributed by atoms with van der Waals surface area (Å²) < 4.78 is 10.1. The number of rotatable bonds is 3. The van der Waals surface area contributed by atoms with E-state index in [1.165, 1.54) is 13.8 Å². The van der Waals surface area contributed by atoms with Crippen LogP contribution in [0.5, 0.6) is 0 Å². The number of allylic oxidation sites excluding steroid dienone is 2. The summed E-state index contributed by atoms with van der Waals surface area (Å²) in [6, 6.07) is 0. The molecule has 0 N–H and O–H groups in total. The molecule has 0 bridgehead atoms. The van der Waals surface area contributed by atoms with Gasteiger partial charge in [-0.3, -0.25) is 9.59 Å². The summed E-state index contributed by atoms with van der Waals surface area (Å²) in [6.07, 6.45) is 6.25. The Morgan fingerprint density at radius 1 is 1.39 bits per heavy atom. The van der Waals surface area contributed by atoms with Gasteiger partial charge in [0.25, 0.3) is 0 Å².